The smallest absolute Gasteiger partial charge is 0.306 e. The number of benzene rings is 2. The molecule has 2 aromatic rings. The van der Waals surface area contributed by atoms with E-state index < -0.39 is 18.5 Å². The van der Waals surface area contributed by atoms with Crippen LogP contribution in [0.2, 0.25) is 10.0 Å². The molecule has 0 fully saturated rings. The minimum absolute atomic E-state index is 0.116. The van der Waals surface area contributed by atoms with Crippen molar-refractivity contribution in [3.8, 4) is 5.75 Å². The van der Waals surface area contributed by atoms with Crippen LogP contribution in [-0.4, -0.2) is 31.4 Å². The molecule has 1 N–H and O–H groups in total. The highest BCUT2D eigenvalue weighted by Crippen LogP contribution is 2.25. The van der Waals surface area contributed by atoms with Gasteiger partial charge in [-0.05, 0) is 30.3 Å². The van der Waals surface area contributed by atoms with Gasteiger partial charge in [-0.2, -0.15) is 0 Å². The molecule has 142 valence electrons. The van der Waals surface area contributed by atoms with Crippen molar-refractivity contribution in [1.29, 1.82) is 0 Å². The summed E-state index contributed by atoms with van der Waals surface area (Å²) in [5, 5.41) is 3.32. The number of methoxy groups -OCH3 is 1. The highest BCUT2D eigenvalue weighted by molar-refractivity contribution is 6.35. The van der Waals surface area contributed by atoms with Crippen LogP contribution in [0.25, 0.3) is 0 Å². The lowest BCUT2D eigenvalue weighted by Crippen LogP contribution is -2.17. The number of ketones is 1. The first kappa shape index (κ1) is 20.7. The van der Waals surface area contributed by atoms with E-state index in [1.807, 2.05) is 0 Å². The van der Waals surface area contributed by atoms with Crippen LogP contribution in [0.4, 0.5) is 5.69 Å². The Morgan fingerprint density at radius 2 is 1.81 bits per heavy atom. The van der Waals surface area contributed by atoms with Crippen LogP contribution in [0.1, 0.15) is 23.2 Å². The average Bonchev–Trinajstić information content (AvgIpc) is 2.67. The second-order valence-corrected chi connectivity index (χ2v) is 6.33. The van der Waals surface area contributed by atoms with E-state index in [9.17, 15) is 14.4 Å². The van der Waals surface area contributed by atoms with Gasteiger partial charge in [0.2, 0.25) is 5.91 Å². The van der Waals surface area contributed by atoms with E-state index in [0.717, 1.165) is 0 Å². The Balaban J connectivity index is 1.77. The first-order valence-electron chi connectivity index (χ1n) is 7.97. The molecule has 0 atom stereocenters. The third kappa shape index (κ3) is 6.58. The zero-order chi connectivity index (χ0) is 19.8. The number of amides is 1. The van der Waals surface area contributed by atoms with Crippen molar-refractivity contribution >= 4 is 46.5 Å². The number of anilines is 1. The van der Waals surface area contributed by atoms with Gasteiger partial charge in [-0.3, -0.25) is 14.4 Å². The zero-order valence-electron chi connectivity index (χ0n) is 14.5. The Labute approximate surface area is 166 Å². The molecule has 6 nitrogen and oxygen atoms in total. The van der Waals surface area contributed by atoms with Crippen LogP contribution in [0, 0.1) is 0 Å². The molecule has 0 aliphatic rings. The molecule has 1 amide bonds. The van der Waals surface area contributed by atoms with Crippen molar-refractivity contribution in [2.45, 2.75) is 12.8 Å². The largest absolute Gasteiger partial charge is 0.497 e. The quantitative estimate of drug-likeness (QED) is 0.523. The summed E-state index contributed by atoms with van der Waals surface area (Å²) in [5.41, 5.74) is 0.728. The Bertz CT molecular complexity index is 854. The van der Waals surface area contributed by atoms with Crippen molar-refractivity contribution in [2.24, 2.45) is 0 Å². The summed E-state index contributed by atoms with van der Waals surface area (Å²) in [7, 11) is 1.49. The SMILES string of the molecule is COc1cccc(C(=O)COC(=O)CCC(=O)Nc2cc(Cl)ccc2Cl)c1. The van der Waals surface area contributed by atoms with Crippen LogP contribution in [0.3, 0.4) is 0 Å². The van der Waals surface area contributed by atoms with Crippen LogP contribution in [0.15, 0.2) is 42.5 Å². The highest BCUT2D eigenvalue weighted by atomic mass is 35.5. The van der Waals surface area contributed by atoms with Gasteiger partial charge in [-0.15, -0.1) is 0 Å². The molecule has 0 saturated carbocycles. The lowest BCUT2D eigenvalue weighted by molar-refractivity contribution is -0.143. The summed E-state index contributed by atoms with van der Waals surface area (Å²) >= 11 is 11.8. The molecule has 0 heterocycles. The maximum absolute atomic E-state index is 12.0. The molecule has 0 aliphatic carbocycles. The lowest BCUT2D eigenvalue weighted by atomic mass is 10.1. The summed E-state index contributed by atoms with van der Waals surface area (Å²) in [5.74, 6) is -0.908. The van der Waals surface area contributed by atoms with E-state index >= 15 is 0 Å². The fourth-order valence-electron chi connectivity index (χ4n) is 2.12. The fourth-order valence-corrected chi connectivity index (χ4v) is 2.46. The molecule has 0 radical (unpaired) electrons. The summed E-state index contributed by atoms with van der Waals surface area (Å²) in [6.07, 6.45) is -0.287. The molecule has 2 rings (SSSR count). The Morgan fingerprint density at radius 3 is 2.56 bits per heavy atom. The molecule has 0 aliphatic heterocycles. The Kier molecular flexibility index (Phi) is 7.64. The number of hydrogen-bond donors (Lipinski definition) is 1. The fraction of sp³-hybridized carbons (Fsp3) is 0.211. The maximum atomic E-state index is 12.0. The summed E-state index contributed by atoms with van der Waals surface area (Å²) in [4.78, 5) is 35.7. The van der Waals surface area contributed by atoms with E-state index in [0.29, 0.717) is 27.0 Å². The van der Waals surface area contributed by atoms with Gasteiger partial charge in [0.1, 0.15) is 5.75 Å². The first-order chi connectivity index (χ1) is 12.9. The second kappa shape index (κ2) is 9.94. The second-order valence-electron chi connectivity index (χ2n) is 5.49. The molecule has 0 aromatic heterocycles. The monoisotopic (exact) mass is 409 g/mol. The van der Waals surface area contributed by atoms with Gasteiger partial charge in [-0.25, -0.2) is 0 Å². The predicted molar refractivity (Wildman–Crippen MR) is 103 cm³/mol. The van der Waals surface area contributed by atoms with Gasteiger partial charge in [-0.1, -0.05) is 35.3 Å². The van der Waals surface area contributed by atoms with E-state index in [4.69, 9.17) is 32.7 Å². The van der Waals surface area contributed by atoms with E-state index in [1.54, 1.807) is 36.4 Å². The van der Waals surface area contributed by atoms with Crippen LogP contribution >= 0.6 is 23.2 Å². The van der Waals surface area contributed by atoms with Crippen LogP contribution in [-0.2, 0) is 14.3 Å². The number of halogens is 2. The number of hydrogen-bond acceptors (Lipinski definition) is 5. The van der Waals surface area contributed by atoms with Crippen molar-refractivity contribution in [2.75, 3.05) is 19.0 Å². The number of rotatable bonds is 8. The van der Waals surface area contributed by atoms with E-state index in [-0.39, 0.29) is 18.6 Å². The standard InChI is InChI=1S/C19H17Cl2NO5/c1-26-14-4-2-3-12(9-14)17(23)11-27-19(25)8-7-18(24)22-16-10-13(20)5-6-15(16)21/h2-6,9-10H,7-8,11H2,1H3,(H,22,24). The average molecular weight is 410 g/mol. The van der Waals surface area contributed by atoms with Crippen molar-refractivity contribution < 1.29 is 23.9 Å². The first-order valence-corrected chi connectivity index (χ1v) is 8.72. The number of carbonyl (C=O) groups is 3. The summed E-state index contributed by atoms with van der Waals surface area (Å²) in [6.45, 7) is -0.409. The molecule has 0 unspecified atom stereocenters. The third-order valence-corrected chi connectivity index (χ3v) is 4.08. The van der Waals surface area contributed by atoms with Gasteiger partial charge in [0, 0.05) is 17.0 Å². The van der Waals surface area contributed by atoms with Gasteiger partial charge >= 0.3 is 5.97 Å². The number of carbonyl (C=O) groups excluding carboxylic acids is 3. The molecule has 0 saturated heterocycles. The lowest BCUT2D eigenvalue weighted by Gasteiger charge is -2.08. The normalized spacial score (nSPS) is 10.2. The minimum atomic E-state index is -0.654. The van der Waals surface area contributed by atoms with E-state index in [1.165, 1.54) is 13.2 Å². The van der Waals surface area contributed by atoms with Crippen LogP contribution < -0.4 is 10.1 Å². The highest BCUT2D eigenvalue weighted by Gasteiger charge is 2.13. The van der Waals surface area contributed by atoms with E-state index in [2.05, 4.69) is 5.32 Å². The predicted octanol–water partition coefficient (Wildman–Crippen LogP) is 4.15. The molecule has 8 heteroatoms. The number of ether oxygens (including phenoxy) is 2. The summed E-state index contributed by atoms with van der Waals surface area (Å²) in [6, 6.07) is 11.2. The number of Topliss-reactive ketones (excluding diaryl/α,β-unsaturated/α-hetero) is 1. The third-order valence-electron chi connectivity index (χ3n) is 3.51. The van der Waals surface area contributed by atoms with Gasteiger partial charge < -0.3 is 14.8 Å². The molecule has 27 heavy (non-hydrogen) atoms. The topological polar surface area (TPSA) is 81.7 Å². The van der Waals surface area contributed by atoms with Gasteiger partial charge in [0.05, 0.1) is 24.2 Å². The zero-order valence-corrected chi connectivity index (χ0v) is 16.0. The maximum Gasteiger partial charge on any atom is 0.306 e. The molecular weight excluding hydrogens is 393 g/mol. The van der Waals surface area contributed by atoms with Crippen LogP contribution in [0.5, 0.6) is 5.75 Å². The molecule has 0 bridgehead atoms. The number of esters is 1. The van der Waals surface area contributed by atoms with Gasteiger partial charge in [0.25, 0.3) is 0 Å². The Hall–Kier alpha value is -2.57. The Morgan fingerprint density at radius 1 is 1.04 bits per heavy atom. The van der Waals surface area contributed by atoms with Crippen molar-refractivity contribution in [3.63, 3.8) is 0 Å². The summed E-state index contributed by atoms with van der Waals surface area (Å²) < 4.78 is 9.96. The molecular formula is C19H17Cl2NO5. The van der Waals surface area contributed by atoms with Crippen molar-refractivity contribution in [1.82, 2.24) is 0 Å². The minimum Gasteiger partial charge on any atom is -0.497 e. The van der Waals surface area contributed by atoms with Gasteiger partial charge in [0.15, 0.2) is 12.4 Å². The number of nitrogens with one attached hydrogen (secondary N) is 1. The van der Waals surface area contributed by atoms with Crippen molar-refractivity contribution in [3.05, 3.63) is 58.1 Å². The molecule has 2 aromatic carbocycles. The molecule has 0 spiro atoms.